The molecule has 2 heteroatoms. The summed E-state index contributed by atoms with van der Waals surface area (Å²) in [6.07, 6.45) is 1.97. The standard InChI is InChI=1S/C13H16N2/c1-10(2)8-14-9-11-3-4-12-5-6-15-13(12)7-11/h3-7,14-15H,1,8-9H2,2H3. The van der Waals surface area contributed by atoms with Crippen molar-refractivity contribution in [2.45, 2.75) is 13.5 Å². The van der Waals surface area contributed by atoms with Crippen LogP contribution in [0.3, 0.4) is 0 Å². The molecule has 0 spiro atoms. The Balaban J connectivity index is 2.04. The Morgan fingerprint density at radius 3 is 3.07 bits per heavy atom. The van der Waals surface area contributed by atoms with E-state index < -0.39 is 0 Å². The maximum atomic E-state index is 3.86. The molecule has 2 N–H and O–H groups in total. The van der Waals surface area contributed by atoms with Crippen molar-refractivity contribution in [3.63, 3.8) is 0 Å². The highest BCUT2D eigenvalue weighted by Crippen LogP contribution is 2.13. The lowest BCUT2D eigenvalue weighted by Gasteiger charge is -2.04. The van der Waals surface area contributed by atoms with Gasteiger partial charge in [-0.2, -0.15) is 0 Å². The molecule has 0 radical (unpaired) electrons. The minimum Gasteiger partial charge on any atom is -0.361 e. The summed E-state index contributed by atoms with van der Waals surface area (Å²) in [4.78, 5) is 3.21. The maximum Gasteiger partial charge on any atom is 0.0457 e. The zero-order valence-electron chi connectivity index (χ0n) is 9.01. The van der Waals surface area contributed by atoms with E-state index in [1.807, 2.05) is 13.1 Å². The molecule has 0 fully saturated rings. The largest absolute Gasteiger partial charge is 0.361 e. The van der Waals surface area contributed by atoms with E-state index in [9.17, 15) is 0 Å². The van der Waals surface area contributed by atoms with Crippen molar-refractivity contribution in [1.29, 1.82) is 0 Å². The lowest BCUT2D eigenvalue weighted by Crippen LogP contribution is -2.14. The molecule has 0 atom stereocenters. The van der Waals surface area contributed by atoms with Crippen LogP contribution in [0.1, 0.15) is 12.5 Å². The first-order valence-electron chi connectivity index (χ1n) is 5.17. The predicted octanol–water partition coefficient (Wildman–Crippen LogP) is 2.83. The molecular formula is C13H16N2. The Labute approximate surface area is 90.0 Å². The number of aromatic nitrogens is 1. The van der Waals surface area contributed by atoms with Crippen LogP contribution in [0.4, 0.5) is 0 Å². The zero-order chi connectivity index (χ0) is 10.7. The topological polar surface area (TPSA) is 27.8 Å². The van der Waals surface area contributed by atoms with Crippen molar-refractivity contribution in [3.8, 4) is 0 Å². The van der Waals surface area contributed by atoms with Crippen LogP contribution in [-0.2, 0) is 6.54 Å². The number of rotatable bonds is 4. The zero-order valence-corrected chi connectivity index (χ0v) is 9.01. The smallest absolute Gasteiger partial charge is 0.0457 e. The molecule has 0 unspecified atom stereocenters. The molecule has 0 saturated carbocycles. The highest BCUT2D eigenvalue weighted by molar-refractivity contribution is 5.79. The van der Waals surface area contributed by atoms with E-state index in [1.165, 1.54) is 16.5 Å². The fraction of sp³-hybridized carbons (Fsp3) is 0.231. The van der Waals surface area contributed by atoms with Gasteiger partial charge in [0, 0.05) is 24.8 Å². The van der Waals surface area contributed by atoms with Gasteiger partial charge in [-0.25, -0.2) is 0 Å². The molecule has 2 rings (SSSR count). The van der Waals surface area contributed by atoms with Crippen molar-refractivity contribution in [1.82, 2.24) is 10.3 Å². The van der Waals surface area contributed by atoms with Gasteiger partial charge in [-0.3, -0.25) is 0 Å². The summed E-state index contributed by atoms with van der Waals surface area (Å²) in [5.41, 5.74) is 3.66. The summed E-state index contributed by atoms with van der Waals surface area (Å²) in [5.74, 6) is 0. The van der Waals surface area contributed by atoms with E-state index in [1.54, 1.807) is 0 Å². The van der Waals surface area contributed by atoms with Crippen molar-refractivity contribution in [3.05, 3.63) is 48.2 Å². The van der Waals surface area contributed by atoms with Crippen LogP contribution < -0.4 is 5.32 Å². The summed E-state index contributed by atoms with van der Waals surface area (Å²) >= 11 is 0. The first-order valence-corrected chi connectivity index (χ1v) is 5.17. The van der Waals surface area contributed by atoms with E-state index in [0.717, 1.165) is 18.7 Å². The first kappa shape index (κ1) is 9.99. The molecule has 78 valence electrons. The number of aromatic amines is 1. The van der Waals surface area contributed by atoms with E-state index >= 15 is 0 Å². The van der Waals surface area contributed by atoms with Gasteiger partial charge in [-0.15, -0.1) is 0 Å². The molecule has 0 aliphatic rings. The molecule has 0 bridgehead atoms. The van der Waals surface area contributed by atoms with Crippen LogP contribution >= 0.6 is 0 Å². The average molecular weight is 200 g/mol. The van der Waals surface area contributed by atoms with Crippen molar-refractivity contribution in [2.24, 2.45) is 0 Å². The van der Waals surface area contributed by atoms with Crippen LogP contribution in [-0.4, -0.2) is 11.5 Å². The summed E-state index contributed by atoms with van der Waals surface area (Å²) < 4.78 is 0. The SMILES string of the molecule is C=C(C)CNCc1ccc2cc[nH]c2c1. The van der Waals surface area contributed by atoms with Gasteiger partial charge in [0.05, 0.1) is 0 Å². The quantitative estimate of drug-likeness (QED) is 0.730. The Morgan fingerprint density at radius 2 is 2.27 bits per heavy atom. The van der Waals surface area contributed by atoms with E-state index in [2.05, 4.69) is 41.1 Å². The van der Waals surface area contributed by atoms with Gasteiger partial charge in [-0.1, -0.05) is 24.3 Å². The predicted molar refractivity (Wildman–Crippen MR) is 64.8 cm³/mol. The van der Waals surface area contributed by atoms with Gasteiger partial charge in [0.2, 0.25) is 0 Å². The summed E-state index contributed by atoms with van der Waals surface area (Å²) in [6, 6.07) is 8.56. The van der Waals surface area contributed by atoms with E-state index in [0.29, 0.717) is 0 Å². The third kappa shape index (κ3) is 2.48. The van der Waals surface area contributed by atoms with E-state index in [-0.39, 0.29) is 0 Å². The molecule has 1 aromatic carbocycles. The molecule has 0 aliphatic heterocycles. The van der Waals surface area contributed by atoms with Crippen LogP contribution in [0.15, 0.2) is 42.6 Å². The lowest BCUT2D eigenvalue weighted by molar-refractivity contribution is 0.741. The van der Waals surface area contributed by atoms with Crippen molar-refractivity contribution in [2.75, 3.05) is 6.54 Å². The second-order valence-corrected chi connectivity index (χ2v) is 3.96. The third-order valence-electron chi connectivity index (χ3n) is 2.38. The summed E-state index contributed by atoms with van der Waals surface area (Å²) in [7, 11) is 0. The maximum absolute atomic E-state index is 3.86. The summed E-state index contributed by atoms with van der Waals surface area (Å²) in [5, 5.41) is 4.61. The van der Waals surface area contributed by atoms with Gasteiger partial charge in [0.1, 0.15) is 0 Å². The molecule has 15 heavy (non-hydrogen) atoms. The number of benzene rings is 1. The molecule has 2 nitrogen and oxygen atoms in total. The summed E-state index contributed by atoms with van der Waals surface area (Å²) in [6.45, 7) is 7.66. The highest BCUT2D eigenvalue weighted by atomic mass is 14.8. The molecule has 0 aliphatic carbocycles. The first-order chi connectivity index (χ1) is 7.25. The van der Waals surface area contributed by atoms with Gasteiger partial charge >= 0.3 is 0 Å². The van der Waals surface area contributed by atoms with Crippen LogP contribution in [0.25, 0.3) is 10.9 Å². The lowest BCUT2D eigenvalue weighted by atomic mass is 10.1. The van der Waals surface area contributed by atoms with Crippen LogP contribution in [0.5, 0.6) is 0 Å². The minimum atomic E-state index is 0.878. The molecule has 1 heterocycles. The Kier molecular flexibility index (Phi) is 2.88. The van der Waals surface area contributed by atoms with E-state index in [4.69, 9.17) is 0 Å². The van der Waals surface area contributed by atoms with Gasteiger partial charge in [0.25, 0.3) is 0 Å². The number of hydrogen-bond acceptors (Lipinski definition) is 1. The third-order valence-corrected chi connectivity index (χ3v) is 2.38. The fourth-order valence-electron chi connectivity index (χ4n) is 1.63. The second kappa shape index (κ2) is 4.32. The number of hydrogen-bond donors (Lipinski definition) is 2. The average Bonchev–Trinajstić information content (AvgIpc) is 2.64. The normalized spacial score (nSPS) is 10.7. The van der Waals surface area contributed by atoms with Gasteiger partial charge in [-0.05, 0) is 30.0 Å². The van der Waals surface area contributed by atoms with Crippen molar-refractivity contribution < 1.29 is 0 Å². The minimum absolute atomic E-state index is 0.878. The van der Waals surface area contributed by atoms with Crippen LogP contribution in [0, 0.1) is 0 Å². The second-order valence-electron chi connectivity index (χ2n) is 3.96. The Morgan fingerprint density at radius 1 is 1.40 bits per heavy atom. The monoisotopic (exact) mass is 200 g/mol. The number of H-pyrrole nitrogens is 1. The van der Waals surface area contributed by atoms with Crippen LogP contribution in [0.2, 0.25) is 0 Å². The Bertz CT molecular complexity index is 468. The Hall–Kier alpha value is -1.54. The fourth-order valence-corrected chi connectivity index (χ4v) is 1.63. The van der Waals surface area contributed by atoms with Gasteiger partial charge in [0.15, 0.2) is 0 Å². The highest BCUT2D eigenvalue weighted by Gasteiger charge is 1.96. The van der Waals surface area contributed by atoms with Gasteiger partial charge < -0.3 is 10.3 Å². The molecule has 0 saturated heterocycles. The molecule has 1 aromatic heterocycles. The number of fused-ring (bicyclic) bond motifs is 1. The number of nitrogens with one attached hydrogen (secondary N) is 2. The molecule has 0 amide bonds. The molecular weight excluding hydrogens is 184 g/mol. The molecule has 2 aromatic rings. The van der Waals surface area contributed by atoms with Crippen molar-refractivity contribution >= 4 is 10.9 Å².